The number of likely N-dealkylation sites (N-methyl/N-ethyl adjacent to an activating group) is 1. The molecule has 6 nitrogen and oxygen atoms in total. The van der Waals surface area contributed by atoms with Crippen LogP contribution < -0.4 is 0 Å². The molecule has 24 heavy (non-hydrogen) atoms. The summed E-state index contributed by atoms with van der Waals surface area (Å²) in [5.74, 6) is -1.14. The molecule has 0 N–H and O–H groups in total. The van der Waals surface area contributed by atoms with Gasteiger partial charge in [0.2, 0.25) is 5.91 Å². The Kier molecular flexibility index (Phi) is 4.37. The molecule has 0 atom stereocenters. The molecule has 1 aliphatic rings. The number of thiophene rings is 1. The van der Waals surface area contributed by atoms with E-state index in [0.29, 0.717) is 15.2 Å². The van der Waals surface area contributed by atoms with E-state index in [-0.39, 0.29) is 10.5 Å². The van der Waals surface area contributed by atoms with Crippen molar-refractivity contribution in [2.45, 2.75) is 11.4 Å². The fraction of sp³-hybridized carbons (Fsp3) is 0.200. The Morgan fingerprint density at radius 1 is 1.25 bits per heavy atom. The zero-order valence-electron chi connectivity index (χ0n) is 12.6. The number of sulfonamides is 1. The summed E-state index contributed by atoms with van der Waals surface area (Å²) in [5, 5.41) is 0. The van der Waals surface area contributed by atoms with Gasteiger partial charge >= 0.3 is 0 Å². The standard InChI is InChI=1S/C15H13ClN2O4S2/c1-17(8-10-6-7-13(16)23-10)14(19)9-18-15(20)11-4-2-3-5-12(11)24(18,21)22/h2-7H,8-9H2,1H3. The largest absolute Gasteiger partial charge is 0.339 e. The van der Waals surface area contributed by atoms with Gasteiger partial charge < -0.3 is 4.90 Å². The average Bonchev–Trinajstić information content (AvgIpc) is 3.03. The third-order valence-corrected chi connectivity index (χ3v) is 6.64. The fourth-order valence-electron chi connectivity index (χ4n) is 2.39. The summed E-state index contributed by atoms with van der Waals surface area (Å²) in [6, 6.07) is 9.46. The Morgan fingerprint density at radius 2 is 1.96 bits per heavy atom. The van der Waals surface area contributed by atoms with Crippen molar-refractivity contribution in [1.82, 2.24) is 9.21 Å². The van der Waals surface area contributed by atoms with E-state index < -0.39 is 28.4 Å². The lowest BCUT2D eigenvalue weighted by molar-refractivity contribution is -0.130. The Labute approximate surface area is 148 Å². The molecule has 2 heterocycles. The lowest BCUT2D eigenvalue weighted by atomic mass is 10.2. The van der Waals surface area contributed by atoms with E-state index in [9.17, 15) is 18.0 Å². The summed E-state index contributed by atoms with van der Waals surface area (Å²) < 4.78 is 26.1. The molecule has 0 bridgehead atoms. The summed E-state index contributed by atoms with van der Waals surface area (Å²) in [6.45, 7) is -0.225. The van der Waals surface area contributed by atoms with Crippen LogP contribution >= 0.6 is 22.9 Å². The highest BCUT2D eigenvalue weighted by molar-refractivity contribution is 7.90. The lowest BCUT2D eigenvalue weighted by Crippen LogP contribution is -2.40. The van der Waals surface area contributed by atoms with Gasteiger partial charge in [0.1, 0.15) is 11.4 Å². The second-order valence-corrected chi connectivity index (χ2v) is 8.90. The summed E-state index contributed by atoms with van der Waals surface area (Å²) in [5.41, 5.74) is 0.0954. The van der Waals surface area contributed by atoms with Crippen LogP contribution in [0.4, 0.5) is 0 Å². The zero-order valence-corrected chi connectivity index (χ0v) is 15.0. The predicted octanol–water partition coefficient (Wildman–Crippen LogP) is 2.20. The highest BCUT2D eigenvalue weighted by Crippen LogP contribution is 2.30. The molecule has 2 amide bonds. The van der Waals surface area contributed by atoms with Crippen molar-refractivity contribution in [2.75, 3.05) is 13.6 Å². The molecule has 9 heteroatoms. The van der Waals surface area contributed by atoms with Crippen LogP contribution in [0.1, 0.15) is 15.2 Å². The maximum absolute atomic E-state index is 12.4. The van der Waals surface area contributed by atoms with Crippen LogP contribution in [-0.2, 0) is 21.4 Å². The van der Waals surface area contributed by atoms with E-state index in [1.165, 1.54) is 28.4 Å². The smallest absolute Gasteiger partial charge is 0.269 e. The van der Waals surface area contributed by atoms with Crippen LogP contribution in [-0.4, -0.2) is 43.0 Å². The van der Waals surface area contributed by atoms with E-state index >= 15 is 0 Å². The Hall–Kier alpha value is -1.90. The molecule has 3 rings (SSSR count). The molecule has 0 saturated heterocycles. The number of rotatable bonds is 4. The highest BCUT2D eigenvalue weighted by atomic mass is 35.5. The minimum Gasteiger partial charge on any atom is -0.339 e. The van der Waals surface area contributed by atoms with Gasteiger partial charge in [-0.3, -0.25) is 9.59 Å². The topological polar surface area (TPSA) is 74.8 Å². The molecule has 126 valence electrons. The first-order valence-corrected chi connectivity index (χ1v) is 9.58. The summed E-state index contributed by atoms with van der Waals surface area (Å²) >= 11 is 7.19. The summed E-state index contributed by atoms with van der Waals surface area (Å²) in [4.78, 5) is 26.8. The van der Waals surface area contributed by atoms with Crippen molar-refractivity contribution in [1.29, 1.82) is 0 Å². The van der Waals surface area contributed by atoms with Gasteiger partial charge in [-0.05, 0) is 24.3 Å². The van der Waals surface area contributed by atoms with Crippen LogP contribution in [0.15, 0.2) is 41.3 Å². The number of amides is 2. The first-order chi connectivity index (χ1) is 11.3. The molecule has 1 aliphatic heterocycles. The maximum Gasteiger partial charge on any atom is 0.269 e. The number of fused-ring (bicyclic) bond motifs is 1. The number of nitrogens with zero attached hydrogens (tertiary/aromatic N) is 2. The van der Waals surface area contributed by atoms with E-state index in [1.54, 1.807) is 31.3 Å². The van der Waals surface area contributed by atoms with Gasteiger partial charge in [0, 0.05) is 11.9 Å². The number of carbonyl (C=O) groups excluding carboxylic acids is 2. The van der Waals surface area contributed by atoms with Crippen molar-refractivity contribution in [3.05, 3.63) is 51.2 Å². The number of hydrogen-bond acceptors (Lipinski definition) is 5. The fourth-order valence-corrected chi connectivity index (χ4v) is 5.05. The van der Waals surface area contributed by atoms with Crippen molar-refractivity contribution in [2.24, 2.45) is 0 Å². The van der Waals surface area contributed by atoms with Crippen molar-refractivity contribution >= 4 is 44.8 Å². The minimum atomic E-state index is -3.98. The van der Waals surface area contributed by atoms with Crippen LogP contribution in [0.5, 0.6) is 0 Å². The van der Waals surface area contributed by atoms with Gasteiger partial charge in [-0.15, -0.1) is 11.3 Å². The third kappa shape index (κ3) is 2.92. The predicted molar refractivity (Wildman–Crippen MR) is 90.5 cm³/mol. The van der Waals surface area contributed by atoms with E-state index in [0.717, 1.165) is 4.88 Å². The quantitative estimate of drug-likeness (QED) is 0.809. The first kappa shape index (κ1) is 16.9. The van der Waals surface area contributed by atoms with Crippen molar-refractivity contribution in [3.63, 3.8) is 0 Å². The summed E-state index contributed by atoms with van der Waals surface area (Å²) in [6.07, 6.45) is 0. The van der Waals surface area contributed by atoms with Gasteiger partial charge in [0.05, 0.1) is 16.4 Å². The van der Waals surface area contributed by atoms with Crippen LogP contribution in [0.3, 0.4) is 0 Å². The Bertz CT molecular complexity index is 923. The van der Waals surface area contributed by atoms with Crippen LogP contribution in [0, 0.1) is 0 Å². The molecular formula is C15H13ClN2O4S2. The number of benzene rings is 1. The van der Waals surface area contributed by atoms with Gasteiger partial charge in [-0.1, -0.05) is 23.7 Å². The monoisotopic (exact) mass is 384 g/mol. The zero-order chi connectivity index (χ0) is 17.5. The number of carbonyl (C=O) groups is 2. The second kappa shape index (κ2) is 6.19. The molecule has 1 aromatic carbocycles. The van der Waals surface area contributed by atoms with Gasteiger partial charge in [-0.2, -0.15) is 0 Å². The first-order valence-electron chi connectivity index (χ1n) is 6.95. The van der Waals surface area contributed by atoms with Crippen molar-refractivity contribution < 1.29 is 18.0 Å². The molecule has 0 saturated carbocycles. The highest BCUT2D eigenvalue weighted by Gasteiger charge is 2.42. The number of halogens is 1. The molecule has 0 radical (unpaired) electrons. The maximum atomic E-state index is 12.4. The number of hydrogen-bond donors (Lipinski definition) is 0. The minimum absolute atomic E-state index is 0.0597. The molecule has 1 aromatic heterocycles. The average molecular weight is 385 g/mol. The summed E-state index contributed by atoms with van der Waals surface area (Å²) in [7, 11) is -2.42. The molecule has 2 aromatic rings. The van der Waals surface area contributed by atoms with E-state index in [1.807, 2.05) is 0 Å². The van der Waals surface area contributed by atoms with Gasteiger partial charge in [0.25, 0.3) is 15.9 Å². The van der Waals surface area contributed by atoms with Gasteiger partial charge in [-0.25, -0.2) is 12.7 Å². The van der Waals surface area contributed by atoms with E-state index in [4.69, 9.17) is 11.6 Å². The van der Waals surface area contributed by atoms with Gasteiger partial charge in [0.15, 0.2) is 0 Å². The third-order valence-electron chi connectivity index (χ3n) is 3.64. The Morgan fingerprint density at radius 3 is 2.58 bits per heavy atom. The molecule has 0 spiro atoms. The normalized spacial score (nSPS) is 15.4. The Balaban J connectivity index is 1.76. The van der Waals surface area contributed by atoms with Crippen molar-refractivity contribution in [3.8, 4) is 0 Å². The molecule has 0 fully saturated rings. The molecular weight excluding hydrogens is 372 g/mol. The van der Waals surface area contributed by atoms with Crippen LogP contribution in [0.25, 0.3) is 0 Å². The lowest BCUT2D eigenvalue weighted by Gasteiger charge is -2.20. The van der Waals surface area contributed by atoms with E-state index in [2.05, 4.69) is 0 Å². The molecule has 0 aliphatic carbocycles. The molecule has 0 unspecified atom stereocenters. The second-order valence-electron chi connectivity index (χ2n) is 5.27. The SMILES string of the molecule is CN(Cc1ccc(Cl)s1)C(=O)CN1C(=O)c2ccccc2S1(=O)=O. The van der Waals surface area contributed by atoms with Crippen LogP contribution in [0.2, 0.25) is 4.34 Å².